The van der Waals surface area contributed by atoms with Crippen LogP contribution in [0, 0.1) is 5.41 Å². The average molecular weight is 225 g/mol. The summed E-state index contributed by atoms with van der Waals surface area (Å²) in [6.07, 6.45) is 0. The van der Waals surface area contributed by atoms with Crippen LogP contribution in [0.2, 0.25) is 0 Å². The predicted molar refractivity (Wildman–Crippen MR) is 66.5 cm³/mol. The minimum Gasteiger partial charge on any atom is -0.317 e. The van der Waals surface area contributed by atoms with Crippen molar-refractivity contribution in [2.45, 2.75) is 40.5 Å². The lowest BCUT2D eigenvalue weighted by Gasteiger charge is -2.18. The standard InChI is InChI=1S/C12H19NOS/c1-8(2)9-6-7-15-10(9)13-11(14)12(3,4)5/h6-8H,1-5H3,(H,13,14). The van der Waals surface area contributed by atoms with Crippen LogP contribution in [0.3, 0.4) is 0 Å². The van der Waals surface area contributed by atoms with Gasteiger partial charge in [0.25, 0.3) is 0 Å². The number of hydrogen-bond acceptors (Lipinski definition) is 2. The quantitative estimate of drug-likeness (QED) is 0.813. The Hall–Kier alpha value is -0.830. The Morgan fingerprint density at radius 3 is 2.47 bits per heavy atom. The van der Waals surface area contributed by atoms with Crippen molar-refractivity contribution in [1.82, 2.24) is 0 Å². The first-order valence-corrected chi connectivity index (χ1v) is 6.09. The van der Waals surface area contributed by atoms with E-state index in [4.69, 9.17) is 0 Å². The molecule has 84 valence electrons. The predicted octanol–water partition coefficient (Wildman–Crippen LogP) is 3.86. The van der Waals surface area contributed by atoms with Gasteiger partial charge in [-0.25, -0.2) is 0 Å². The third-order valence-electron chi connectivity index (χ3n) is 2.23. The molecule has 1 aromatic rings. The summed E-state index contributed by atoms with van der Waals surface area (Å²) in [5, 5.41) is 6.00. The van der Waals surface area contributed by atoms with Crippen molar-refractivity contribution >= 4 is 22.2 Å². The maximum atomic E-state index is 11.8. The lowest BCUT2D eigenvalue weighted by atomic mass is 9.95. The molecule has 0 bridgehead atoms. The van der Waals surface area contributed by atoms with E-state index < -0.39 is 0 Å². The van der Waals surface area contributed by atoms with Gasteiger partial charge in [-0.3, -0.25) is 4.79 Å². The van der Waals surface area contributed by atoms with E-state index in [-0.39, 0.29) is 11.3 Å². The Morgan fingerprint density at radius 1 is 1.40 bits per heavy atom. The number of hydrogen-bond donors (Lipinski definition) is 1. The monoisotopic (exact) mass is 225 g/mol. The summed E-state index contributed by atoms with van der Waals surface area (Å²) in [6, 6.07) is 2.08. The molecule has 0 aliphatic carbocycles. The number of nitrogens with one attached hydrogen (secondary N) is 1. The molecule has 0 radical (unpaired) electrons. The largest absolute Gasteiger partial charge is 0.317 e. The van der Waals surface area contributed by atoms with Crippen molar-refractivity contribution in [2.75, 3.05) is 5.32 Å². The molecule has 0 aliphatic rings. The second-order valence-corrected chi connectivity index (χ2v) is 5.98. The summed E-state index contributed by atoms with van der Waals surface area (Å²) >= 11 is 1.59. The van der Waals surface area contributed by atoms with Gasteiger partial charge in [0.1, 0.15) is 0 Å². The van der Waals surface area contributed by atoms with Crippen LogP contribution in [-0.2, 0) is 4.79 Å². The molecular weight excluding hydrogens is 206 g/mol. The van der Waals surface area contributed by atoms with E-state index in [1.165, 1.54) is 5.56 Å². The van der Waals surface area contributed by atoms with Crippen LogP contribution in [-0.4, -0.2) is 5.91 Å². The van der Waals surface area contributed by atoms with Gasteiger partial charge in [0, 0.05) is 5.41 Å². The summed E-state index contributed by atoms with van der Waals surface area (Å²) in [6.45, 7) is 10.0. The highest BCUT2D eigenvalue weighted by atomic mass is 32.1. The fraction of sp³-hybridized carbons (Fsp3) is 0.583. The van der Waals surface area contributed by atoms with E-state index in [9.17, 15) is 4.79 Å². The van der Waals surface area contributed by atoms with Gasteiger partial charge in [-0.2, -0.15) is 0 Å². The second-order valence-electron chi connectivity index (χ2n) is 5.06. The number of anilines is 1. The SMILES string of the molecule is CC(C)c1ccsc1NC(=O)C(C)(C)C. The molecule has 0 fully saturated rings. The zero-order valence-electron chi connectivity index (χ0n) is 10.0. The van der Waals surface area contributed by atoms with Gasteiger partial charge in [0.15, 0.2) is 0 Å². The Balaban J connectivity index is 2.82. The third kappa shape index (κ3) is 3.06. The molecule has 1 amide bonds. The van der Waals surface area contributed by atoms with Crippen molar-refractivity contribution in [3.05, 3.63) is 17.0 Å². The topological polar surface area (TPSA) is 29.1 Å². The molecule has 0 atom stereocenters. The number of carbonyl (C=O) groups is 1. The lowest BCUT2D eigenvalue weighted by molar-refractivity contribution is -0.123. The minimum absolute atomic E-state index is 0.0758. The third-order valence-corrected chi connectivity index (χ3v) is 3.07. The molecule has 0 saturated heterocycles. The van der Waals surface area contributed by atoms with Crippen LogP contribution in [0.1, 0.15) is 46.1 Å². The van der Waals surface area contributed by atoms with Crippen LogP contribution in [0.15, 0.2) is 11.4 Å². The van der Waals surface area contributed by atoms with E-state index in [1.807, 2.05) is 26.2 Å². The van der Waals surface area contributed by atoms with E-state index >= 15 is 0 Å². The zero-order chi connectivity index (χ0) is 11.6. The maximum Gasteiger partial charge on any atom is 0.230 e. The second kappa shape index (κ2) is 4.35. The summed E-state index contributed by atoms with van der Waals surface area (Å²) in [4.78, 5) is 11.8. The smallest absolute Gasteiger partial charge is 0.230 e. The first kappa shape index (κ1) is 12.2. The number of carbonyl (C=O) groups excluding carboxylic acids is 1. The number of amides is 1. The first-order valence-electron chi connectivity index (χ1n) is 5.21. The van der Waals surface area contributed by atoms with Crippen LogP contribution >= 0.6 is 11.3 Å². The van der Waals surface area contributed by atoms with E-state index in [0.29, 0.717) is 5.92 Å². The van der Waals surface area contributed by atoms with Crippen LogP contribution in [0.4, 0.5) is 5.00 Å². The molecule has 1 rings (SSSR count). The molecule has 3 heteroatoms. The first-order chi connectivity index (χ1) is 6.82. The molecule has 0 aromatic carbocycles. The van der Waals surface area contributed by atoms with Gasteiger partial charge >= 0.3 is 0 Å². The highest BCUT2D eigenvalue weighted by Crippen LogP contribution is 2.31. The van der Waals surface area contributed by atoms with Gasteiger partial charge in [-0.15, -0.1) is 11.3 Å². The molecule has 0 aliphatic heterocycles. The van der Waals surface area contributed by atoms with Crippen molar-refractivity contribution in [3.8, 4) is 0 Å². The fourth-order valence-electron chi connectivity index (χ4n) is 1.17. The highest BCUT2D eigenvalue weighted by molar-refractivity contribution is 7.14. The number of rotatable bonds is 2. The van der Waals surface area contributed by atoms with Gasteiger partial charge in [-0.1, -0.05) is 34.6 Å². The molecule has 0 saturated carbocycles. The van der Waals surface area contributed by atoms with E-state index in [0.717, 1.165) is 5.00 Å². The van der Waals surface area contributed by atoms with Gasteiger partial charge in [-0.05, 0) is 22.9 Å². The van der Waals surface area contributed by atoms with E-state index in [1.54, 1.807) is 11.3 Å². The van der Waals surface area contributed by atoms with Crippen molar-refractivity contribution < 1.29 is 4.79 Å². The Bertz CT molecular complexity index is 347. The summed E-state index contributed by atoms with van der Waals surface area (Å²) in [5.41, 5.74) is 0.885. The zero-order valence-corrected chi connectivity index (χ0v) is 10.9. The highest BCUT2D eigenvalue weighted by Gasteiger charge is 2.22. The molecule has 15 heavy (non-hydrogen) atoms. The normalized spacial score (nSPS) is 11.9. The molecule has 1 N–H and O–H groups in total. The van der Waals surface area contributed by atoms with Gasteiger partial charge in [0.05, 0.1) is 5.00 Å². The fourth-order valence-corrected chi connectivity index (χ4v) is 2.11. The Kier molecular flexibility index (Phi) is 3.55. The van der Waals surface area contributed by atoms with Gasteiger partial charge < -0.3 is 5.32 Å². The molecule has 2 nitrogen and oxygen atoms in total. The van der Waals surface area contributed by atoms with Gasteiger partial charge in [0.2, 0.25) is 5.91 Å². The lowest BCUT2D eigenvalue weighted by Crippen LogP contribution is -2.27. The van der Waals surface area contributed by atoms with E-state index in [2.05, 4.69) is 25.2 Å². The van der Waals surface area contributed by atoms with Crippen molar-refractivity contribution in [2.24, 2.45) is 5.41 Å². The summed E-state index contributed by atoms with van der Waals surface area (Å²) in [7, 11) is 0. The van der Waals surface area contributed by atoms with Crippen LogP contribution in [0.25, 0.3) is 0 Å². The Morgan fingerprint density at radius 2 is 2.00 bits per heavy atom. The summed E-state index contributed by atoms with van der Waals surface area (Å²) < 4.78 is 0. The molecular formula is C12H19NOS. The average Bonchev–Trinajstić information content (AvgIpc) is 2.50. The van der Waals surface area contributed by atoms with Crippen LogP contribution < -0.4 is 5.32 Å². The molecule has 0 spiro atoms. The molecule has 1 aromatic heterocycles. The summed E-state index contributed by atoms with van der Waals surface area (Å²) in [5.74, 6) is 0.526. The van der Waals surface area contributed by atoms with Crippen molar-refractivity contribution in [3.63, 3.8) is 0 Å². The number of thiophene rings is 1. The van der Waals surface area contributed by atoms with Crippen LogP contribution in [0.5, 0.6) is 0 Å². The maximum absolute atomic E-state index is 11.8. The Labute approximate surface area is 95.7 Å². The van der Waals surface area contributed by atoms with Crippen molar-refractivity contribution in [1.29, 1.82) is 0 Å². The molecule has 0 unspecified atom stereocenters. The minimum atomic E-state index is -0.335. The molecule has 1 heterocycles.